The zero-order valence-corrected chi connectivity index (χ0v) is 21.8. The minimum atomic E-state index is -0.672. The highest BCUT2D eigenvalue weighted by Crippen LogP contribution is 2.42. The average molecular weight is 536 g/mol. The largest absolute Gasteiger partial charge is 0.497 e. The number of hydrogen-bond acceptors (Lipinski definition) is 6. The molecule has 0 bridgehead atoms. The van der Waals surface area contributed by atoms with Crippen molar-refractivity contribution in [1.29, 1.82) is 0 Å². The lowest BCUT2D eigenvalue weighted by molar-refractivity contribution is -0.113. The topological polar surface area (TPSA) is 90.3 Å². The van der Waals surface area contributed by atoms with E-state index in [-0.39, 0.29) is 5.91 Å². The Morgan fingerprint density at radius 2 is 1.78 bits per heavy atom. The number of hydrogen-bond donors (Lipinski definition) is 2. The van der Waals surface area contributed by atoms with Gasteiger partial charge in [-0.2, -0.15) is 4.98 Å². The van der Waals surface area contributed by atoms with E-state index in [1.807, 2.05) is 43.3 Å². The molecule has 8 nitrogen and oxygen atoms in total. The number of carbonyl (C=O) groups is 1. The lowest BCUT2D eigenvalue weighted by Crippen LogP contribution is -2.31. The van der Waals surface area contributed by atoms with Crippen LogP contribution in [0.3, 0.4) is 0 Å². The van der Waals surface area contributed by atoms with Crippen LogP contribution in [0.15, 0.2) is 78.0 Å². The van der Waals surface area contributed by atoms with E-state index in [2.05, 4.69) is 10.6 Å². The van der Waals surface area contributed by atoms with Crippen LogP contribution in [0.4, 0.5) is 11.6 Å². The Morgan fingerprint density at radius 3 is 2.49 bits per heavy atom. The molecule has 2 N–H and O–H groups in total. The maximum atomic E-state index is 13.7. The van der Waals surface area contributed by atoms with Crippen LogP contribution < -0.4 is 20.1 Å². The fraction of sp³-hybridized carbons (Fsp3) is 0.148. The van der Waals surface area contributed by atoms with Gasteiger partial charge >= 0.3 is 0 Å². The van der Waals surface area contributed by atoms with Gasteiger partial charge in [-0.15, -0.1) is 5.10 Å². The number of allylic oxidation sites excluding steroid dienone is 1. The molecule has 1 aliphatic heterocycles. The van der Waals surface area contributed by atoms with Gasteiger partial charge in [0.15, 0.2) is 5.82 Å². The highest BCUT2D eigenvalue weighted by atomic mass is 35.5. The lowest BCUT2D eigenvalue weighted by Gasteiger charge is -2.29. The van der Waals surface area contributed by atoms with Crippen molar-refractivity contribution in [2.75, 3.05) is 24.9 Å². The summed E-state index contributed by atoms with van der Waals surface area (Å²) in [6.45, 7) is 1.83. The Hall–Kier alpha value is -4.01. The van der Waals surface area contributed by atoms with Gasteiger partial charge in [-0.1, -0.05) is 41.4 Å². The highest BCUT2D eigenvalue weighted by molar-refractivity contribution is 6.42. The van der Waals surface area contributed by atoms with Gasteiger partial charge in [-0.05, 0) is 55.5 Å². The minimum Gasteiger partial charge on any atom is -0.497 e. The van der Waals surface area contributed by atoms with Crippen LogP contribution in [-0.2, 0) is 4.79 Å². The summed E-state index contributed by atoms with van der Waals surface area (Å²) >= 11 is 12.4. The second kappa shape index (κ2) is 10.2. The van der Waals surface area contributed by atoms with Gasteiger partial charge in [0.25, 0.3) is 5.91 Å². The monoisotopic (exact) mass is 535 g/mol. The number of anilines is 2. The first-order chi connectivity index (χ1) is 17.9. The Balaban J connectivity index is 1.67. The third-order valence-corrected chi connectivity index (χ3v) is 6.78. The van der Waals surface area contributed by atoms with Gasteiger partial charge < -0.3 is 20.1 Å². The summed E-state index contributed by atoms with van der Waals surface area (Å²) in [6, 6.07) is 19.2. The van der Waals surface area contributed by atoms with E-state index in [0.29, 0.717) is 61.4 Å². The van der Waals surface area contributed by atoms with Crippen molar-refractivity contribution >= 4 is 40.7 Å². The molecule has 0 radical (unpaired) electrons. The number of halogens is 2. The van der Waals surface area contributed by atoms with Crippen molar-refractivity contribution in [3.05, 3.63) is 93.6 Å². The first-order valence-electron chi connectivity index (χ1n) is 11.4. The minimum absolute atomic E-state index is 0.289. The summed E-state index contributed by atoms with van der Waals surface area (Å²) in [6.07, 6.45) is 0. The van der Waals surface area contributed by atoms with E-state index in [0.717, 1.165) is 0 Å². The molecule has 10 heteroatoms. The van der Waals surface area contributed by atoms with Crippen molar-refractivity contribution < 1.29 is 14.3 Å². The molecule has 0 aliphatic carbocycles. The average Bonchev–Trinajstić information content (AvgIpc) is 3.33. The van der Waals surface area contributed by atoms with Crippen molar-refractivity contribution in [3.8, 4) is 22.9 Å². The molecule has 188 valence electrons. The first kappa shape index (κ1) is 24.7. The number of methoxy groups -OCH3 is 2. The number of nitrogens with zero attached hydrogens (tertiary/aromatic N) is 3. The Labute approximate surface area is 223 Å². The first-order valence-corrected chi connectivity index (χ1v) is 12.1. The van der Waals surface area contributed by atoms with E-state index in [9.17, 15) is 4.79 Å². The number of nitrogens with one attached hydrogen (secondary N) is 2. The molecule has 0 spiro atoms. The van der Waals surface area contributed by atoms with Gasteiger partial charge in [-0.25, -0.2) is 4.68 Å². The van der Waals surface area contributed by atoms with Crippen LogP contribution in [0.25, 0.3) is 11.4 Å². The summed E-state index contributed by atoms with van der Waals surface area (Å²) < 4.78 is 12.8. The molecule has 1 aromatic heterocycles. The second-order valence-electron chi connectivity index (χ2n) is 8.33. The molecule has 4 aromatic rings. The summed E-state index contributed by atoms with van der Waals surface area (Å²) in [7, 11) is 3.16. The van der Waals surface area contributed by atoms with Gasteiger partial charge in [0.2, 0.25) is 5.95 Å². The third-order valence-electron chi connectivity index (χ3n) is 6.04. The summed E-state index contributed by atoms with van der Waals surface area (Å²) in [5.74, 6) is 1.78. The number of amides is 1. The highest BCUT2D eigenvalue weighted by Gasteiger charge is 2.36. The standard InChI is InChI=1S/C27H23Cl2N5O3/c1-15-23(26(35)31-17-7-5-4-6-8-17)24(19-14-18(36-2)10-12-22(19)37-3)34-27(30-15)32-25(33-34)16-9-11-20(28)21(29)13-16/h4-14,24H,1-3H3,(H,31,35)(H,30,32,33). The molecule has 0 saturated carbocycles. The van der Waals surface area contributed by atoms with Gasteiger partial charge in [0.05, 0.1) is 29.8 Å². The van der Waals surface area contributed by atoms with Crippen molar-refractivity contribution in [1.82, 2.24) is 14.8 Å². The van der Waals surface area contributed by atoms with Crippen molar-refractivity contribution in [2.24, 2.45) is 0 Å². The SMILES string of the molecule is COc1ccc(OC)c(C2C(C(=O)Nc3ccccc3)=C(C)Nc3nc(-c4ccc(Cl)c(Cl)c4)nn32)c1. The maximum Gasteiger partial charge on any atom is 0.255 e. The molecule has 37 heavy (non-hydrogen) atoms. The predicted octanol–water partition coefficient (Wildman–Crippen LogP) is 6.20. The number of rotatable bonds is 6. The van der Waals surface area contributed by atoms with Crippen LogP contribution in [0.2, 0.25) is 10.0 Å². The summed E-state index contributed by atoms with van der Waals surface area (Å²) in [5, 5.41) is 11.8. The molecule has 2 heterocycles. The fourth-order valence-corrected chi connectivity index (χ4v) is 4.56. The summed E-state index contributed by atoms with van der Waals surface area (Å²) in [4.78, 5) is 18.4. The lowest BCUT2D eigenvalue weighted by atomic mass is 9.94. The third kappa shape index (κ3) is 4.73. The molecule has 5 rings (SSSR count). The van der Waals surface area contributed by atoms with Gasteiger partial charge in [0.1, 0.15) is 17.5 Å². The number of ether oxygens (including phenoxy) is 2. The second-order valence-corrected chi connectivity index (χ2v) is 9.14. The molecule has 1 unspecified atom stereocenters. The van der Waals surface area contributed by atoms with E-state index >= 15 is 0 Å². The van der Waals surface area contributed by atoms with E-state index in [4.69, 9.17) is 42.8 Å². The zero-order valence-electron chi connectivity index (χ0n) is 20.3. The molecule has 0 saturated heterocycles. The molecule has 3 aromatic carbocycles. The van der Waals surface area contributed by atoms with E-state index in [1.54, 1.807) is 49.2 Å². The normalized spacial score (nSPS) is 14.6. The smallest absolute Gasteiger partial charge is 0.255 e. The maximum absolute atomic E-state index is 13.7. The molecule has 1 aliphatic rings. The number of carbonyl (C=O) groups excluding carboxylic acids is 1. The Kier molecular flexibility index (Phi) is 6.78. The van der Waals surface area contributed by atoms with Gasteiger partial charge in [0, 0.05) is 22.5 Å². The number of para-hydroxylation sites is 1. The molecule has 1 amide bonds. The van der Waals surface area contributed by atoms with Crippen molar-refractivity contribution in [2.45, 2.75) is 13.0 Å². The molecule has 1 atom stereocenters. The Morgan fingerprint density at radius 1 is 1.00 bits per heavy atom. The predicted molar refractivity (Wildman–Crippen MR) is 145 cm³/mol. The Bertz CT molecular complexity index is 1520. The molecule has 0 fully saturated rings. The summed E-state index contributed by atoms with van der Waals surface area (Å²) in [5.41, 5.74) is 3.12. The number of benzene rings is 3. The molecular formula is C27H23Cl2N5O3. The van der Waals surface area contributed by atoms with Crippen LogP contribution in [0.1, 0.15) is 18.5 Å². The van der Waals surface area contributed by atoms with Crippen molar-refractivity contribution in [3.63, 3.8) is 0 Å². The number of fused-ring (bicyclic) bond motifs is 1. The zero-order chi connectivity index (χ0) is 26.1. The van der Waals surface area contributed by atoms with Crippen LogP contribution in [0.5, 0.6) is 11.5 Å². The van der Waals surface area contributed by atoms with Crippen LogP contribution in [-0.4, -0.2) is 34.9 Å². The van der Waals surface area contributed by atoms with Gasteiger partial charge in [-0.3, -0.25) is 4.79 Å². The quantitative estimate of drug-likeness (QED) is 0.305. The molecular weight excluding hydrogens is 513 g/mol. The van der Waals surface area contributed by atoms with Crippen LogP contribution >= 0.6 is 23.2 Å². The fourth-order valence-electron chi connectivity index (χ4n) is 4.26. The van der Waals surface area contributed by atoms with E-state index in [1.165, 1.54) is 0 Å². The van der Waals surface area contributed by atoms with Crippen LogP contribution in [0, 0.1) is 0 Å². The van der Waals surface area contributed by atoms with E-state index < -0.39 is 6.04 Å². The number of aromatic nitrogens is 3.